The van der Waals surface area contributed by atoms with Crippen LogP contribution in [-0.4, -0.2) is 19.9 Å². The summed E-state index contributed by atoms with van der Waals surface area (Å²) >= 11 is 0. The fourth-order valence-electron chi connectivity index (χ4n) is 5.78. The smallest absolute Gasteiger partial charge is 0.284 e. The molecule has 8 heteroatoms. The maximum absolute atomic E-state index is 6.15. The van der Waals surface area contributed by atoms with Crippen molar-refractivity contribution < 1.29 is 17.7 Å². The molecule has 10 aromatic rings. The molecule has 6 aromatic carbocycles. The highest BCUT2D eigenvalue weighted by molar-refractivity contribution is 6.02. The third kappa shape index (κ3) is 3.58. The standard InChI is InChI=1S/C36H18N4O4/c1-3-7-19(8-4-1)33-37-25-11-21-17-31-27(13-23(21)15-29(25)41-33)39-35(43-31)36-40-28-14-24-16-30-26(12-22(24)18-32(28)44-36)38-34(42-30)20-9-5-2-6-10-20/h1-18H. The molecule has 0 spiro atoms. The van der Waals surface area contributed by atoms with Crippen molar-refractivity contribution in [3.05, 3.63) is 109 Å². The van der Waals surface area contributed by atoms with Gasteiger partial charge in [0.1, 0.15) is 22.1 Å². The molecule has 0 saturated carbocycles. The van der Waals surface area contributed by atoms with E-state index in [2.05, 4.69) is 0 Å². The van der Waals surface area contributed by atoms with E-state index in [0.29, 0.717) is 56.9 Å². The Balaban J connectivity index is 1.03. The number of benzene rings is 6. The van der Waals surface area contributed by atoms with Crippen molar-refractivity contribution in [1.29, 1.82) is 0 Å². The fourth-order valence-corrected chi connectivity index (χ4v) is 5.78. The summed E-state index contributed by atoms with van der Waals surface area (Å²) in [6.07, 6.45) is 0. The van der Waals surface area contributed by atoms with Crippen molar-refractivity contribution in [2.45, 2.75) is 0 Å². The number of hydrogen-bond acceptors (Lipinski definition) is 8. The first-order chi connectivity index (χ1) is 21.7. The Morgan fingerprint density at radius 1 is 0.318 bits per heavy atom. The quantitative estimate of drug-likeness (QED) is 0.207. The van der Waals surface area contributed by atoms with Crippen LogP contribution in [0.2, 0.25) is 0 Å². The third-order valence-corrected chi connectivity index (χ3v) is 7.93. The molecule has 0 atom stereocenters. The van der Waals surface area contributed by atoms with Crippen LogP contribution in [0, 0.1) is 0 Å². The number of hydrogen-bond donors (Lipinski definition) is 0. The van der Waals surface area contributed by atoms with Crippen LogP contribution in [0.15, 0.2) is 127 Å². The Morgan fingerprint density at radius 3 is 0.955 bits per heavy atom. The van der Waals surface area contributed by atoms with Gasteiger partial charge in [0.25, 0.3) is 11.8 Å². The third-order valence-electron chi connectivity index (χ3n) is 7.93. The molecule has 206 valence electrons. The molecule has 0 unspecified atom stereocenters. The predicted octanol–water partition coefficient (Wildman–Crippen LogP) is 9.56. The van der Waals surface area contributed by atoms with E-state index in [1.807, 2.05) is 109 Å². The Kier molecular flexibility index (Phi) is 4.57. The molecule has 0 radical (unpaired) electrons. The highest BCUT2D eigenvalue weighted by Gasteiger charge is 2.18. The molecular formula is C36H18N4O4. The van der Waals surface area contributed by atoms with E-state index in [-0.39, 0.29) is 0 Å². The highest BCUT2D eigenvalue weighted by Crippen LogP contribution is 2.35. The molecule has 0 bridgehead atoms. The van der Waals surface area contributed by atoms with Crippen molar-refractivity contribution in [2.24, 2.45) is 0 Å². The monoisotopic (exact) mass is 570 g/mol. The van der Waals surface area contributed by atoms with Gasteiger partial charge in [-0.15, -0.1) is 0 Å². The van der Waals surface area contributed by atoms with E-state index >= 15 is 0 Å². The summed E-state index contributed by atoms with van der Waals surface area (Å²) < 4.78 is 24.4. The van der Waals surface area contributed by atoms with Crippen LogP contribution in [0.1, 0.15) is 0 Å². The lowest BCUT2D eigenvalue weighted by Crippen LogP contribution is -1.77. The molecule has 0 saturated heterocycles. The van der Waals surface area contributed by atoms with Gasteiger partial charge < -0.3 is 17.7 Å². The summed E-state index contributed by atoms with van der Waals surface area (Å²) in [7, 11) is 0. The molecule has 4 aromatic heterocycles. The number of nitrogens with zero attached hydrogens (tertiary/aromatic N) is 4. The number of fused-ring (bicyclic) bond motifs is 6. The molecule has 0 aliphatic rings. The average Bonchev–Trinajstić information content (AvgIpc) is 3.85. The minimum atomic E-state index is 0.312. The van der Waals surface area contributed by atoms with E-state index in [1.165, 1.54) is 0 Å². The fraction of sp³-hybridized carbons (Fsp3) is 0. The van der Waals surface area contributed by atoms with Crippen LogP contribution < -0.4 is 0 Å². The van der Waals surface area contributed by atoms with E-state index in [0.717, 1.165) is 43.7 Å². The summed E-state index contributed by atoms with van der Waals surface area (Å²) in [6, 6.07) is 35.6. The van der Waals surface area contributed by atoms with Gasteiger partial charge in [0.05, 0.1) is 0 Å². The Morgan fingerprint density at radius 2 is 0.614 bits per heavy atom. The summed E-state index contributed by atoms with van der Waals surface area (Å²) in [5.41, 5.74) is 7.50. The van der Waals surface area contributed by atoms with Crippen LogP contribution in [0.4, 0.5) is 0 Å². The summed E-state index contributed by atoms with van der Waals surface area (Å²) in [6.45, 7) is 0. The lowest BCUT2D eigenvalue weighted by molar-refractivity contribution is 0.550. The van der Waals surface area contributed by atoms with Crippen molar-refractivity contribution in [1.82, 2.24) is 19.9 Å². The summed E-state index contributed by atoms with van der Waals surface area (Å²) in [4.78, 5) is 18.8. The Labute approximate surface area is 247 Å². The van der Waals surface area contributed by atoms with E-state index < -0.39 is 0 Å². The van der Waals surface area contributed by atoms with Gasteiger partial charge in [-0.25, -0.2) is 19.9 Å². The molecule has 0 amide bonds. The lowest BCUT2D eigenvalue weighted by atomic mass is 10.1. The zero-order valence-electron chi connectivity index (χ0n) is 22.8. The minimum Gasteiger partial charge on any atom is -0.436 e. The molecule has 0 N–H and O–H groups in total. The van der Waals surface area contributed by atoms with Crippen LogP contribution >= 0.6 is 0 Å². The van der Waals surface area contributed by atoms with Gasteiger partial charge in [0.15, 0.2) is 22.3 Å². The van der Waals surface area contributed by atoms with Gasteiger partial charge in [-0.2, -0.15) is 0 Å². The Hall–Kier alpha value is -6.28. The first kappa shape index (κ1) is 23.3. The van der Waals surface area contributed by atoms with Gasteiger partial charge in [-0.3, -0.25) is 0 Å². The van der Waals surface area contributed by atoms with E-state index in [9.17, 15) is 0 Å². The van der Waals surface area contributed by atoms with Crippen LogP contribution in [0.5, 0.6) is 0 Å². The van der Waals surface area contributed by atoms with Crippen molar-refractivity contribution in [3.63, 3.8) is 0 Å². The molecular weight excluding hydrogens is 552 g/mol. The van der Waals surface area contributed by atoms with Crippen molar-refractivity contribution in [3.8, 4) is 34.7 Å². The second kappa shape index (κ2) is 8.62. The molecule has 44 heavy (non-hydrogen) atoms. The number of aromatic nitrogens is 4. The van der Waals surface area contributed by atoms with Crippen LogP contribution in [0.3, 0.4) is 0 Å². The van der Waals surface area contributed by atoms with Gasteiger partial charge in [0, 0.05) is 11.1 Å². The maximum Gasteiger partial charge on any atom is 0.284 e. The maximum atomic E-state index is 6.15. The average molecular weight is 571 g/mol. The first-order valence-corrected chi connectivity index (χ1v) is 14.1. The van der Waals surface area contributed by atoms with Crippen LogP contribution in [-0.2, 0) is 0 Å². The van der Waals surface area contributed by atoms with Gasteiger partial charge in [-0.1, -0.05) is 36.4 Å². The number of rotatable bonds is 3. The molecule has 0 fully saturated rings. The normalized spacial score (nSPS) is 12.1. The Bertz CT molecular complexity index is 2390. The zero-order valence-corrected chi connectivity index (χ0v) is 22.8. The SMILES string of the molecule is c1ccc(-c2nc3cc4cc5oc(-c6nc7cc8cc9oc(-c%10ccccc%10)nc9cc8cc7o6)nc5cc4cc3o2)cc1. The van der Waals surface area contributed by atoms with Gasteiger partial charge in [0.2, 0.25) is 11.8 Å². The number of oxazole rings is 4. The lowest BCUT2D eigenvalue weighted by Gasteiger charge is -1.96. The van der Waals surface area contributed by atoms with E-state index in [4.69, 9.17) is 37.6 Å². The summed E-state index contributed by atoms with van der Waals surface area (Å²) in [5.74, 6) is 1.80. The molecule has 0 aliphatic heterocycles. The molecule has 0 aliphatic carbocycles. The van der Waals surface area contributed by atoms with Gasteiger partial charge >= 0.3 is 0 Å². The molecule has 4 heterocycles. The van der Waals surface area contributed by atoms with Crippen molar-refractivity contribution in [2.75, 3.05) is 0 Å². The van der Waals surface area contributed by atoms with Crippen LogP contribution in [0.25, 0.3) is 101 Å². The predicted molar refractivity (Wildman–Crippen MR) is 168 cm³/mol. The minimum absolute atomic E-state index is 0.312. The second-order valence-electron chi connectivity index (χ2n) is 10.8. The molecule has 10 rings (SSSR count). The second-order valence-corrected chi connectivity index (χ2v) is 10.8. The topological polar surface area (TPSA) is 104 Å². The zero-order chi connectivity index (χ0) is 28.8. The van der Waals surface area contributed by atoms with Crippen molar-refractivity contribution >= 4 is 65.9 Å². The summed E-state index contributed by atoms with van der Waals surface area (Å²) in [5, 5.41) is 3.88. The first-order valence-electron chi connectivity index (χ1n) is 14.1. The highest BCUT2D eigenvalue weighted by atomic mass is 16.4. The molecule has 8 nitrogen and oxygen atoms in total. The largest absolute Gasteiger partial charge is 0.436 e. The van der Waals surface area contributed by atoms with E-state index in [1.54, 1.807) is 0 Å². The van der Waals surface area contributed by atoms with Gasteiger partial charge in [-0.05, 0) is 94.3 Å².